The van der Waals surface area contributed by atoms with Crippen molar-refractivity contribution in [2.75, 3.05) is 0 Å². The van der Waals surface area contributed by atoms with Gasteiger partial charge in [-0.25, -0.2) is 0 Å². The first kappa shape index (κ1) is 7.94. The highest BCUT2D eigenvalue weighted by atomic mass is 16.4. The molecular formula is C5H7O4-. The highest BCUT2D eigenvalue weighted by molar-refractivity contribution is 5.91. The van der Waals surface area contributed by atoms with Gasteiger partial charge in [0.15, 0.2) is 0 Å². The first-order valence-electron chi connectivity index (χ1n) is 2.53. The maximum atomic E-state index is 9.95. The summed E-state index contributed by atoms with van der Waals surface area (Å²) in [5, 5.41) is 18.0. The van der Waals surface area contributed by atoms with Crippen molar-refractivity contribution in [1.82, 2.24) is 0 Å². The number of carboxylic acids is 2. The van der Waals surface area contributed by atoms with Crippen molar-refractivity contribution >= 4 is 11.9 Å². The lowest BCUT2D eigenvalue weighted by Gasteiger charge is -2.08. The van der Waals surface area contributed by atoms with E-state index in [1.54, 1.807) is 0 Å². The van der Waals surface area contributed by atoms with E-state index in [0.717, 1.165) is 0 Å². The fraction of sp³-hybridized carbons (Fsp3) is 0.600. The van der Waals surface area contributed by atoms with E-state index in [2.05, 4.69) is 0 Å². The Labute approximate surface area is 52.1 Å². The molecule has 0 fully saturated rings. The highest BCUT2D eigenvalue weighted by Crippen LogP contribution is 1.99. The molecular weight excluding hydrogens is 124 g/mol. The van der Waals surface area contributed by atoms with E-state index < -0.39 is 17.9 Å². The summed E-state index contributed by atoms with van der Waals surface area (Å²) in [6.07, 6.45) is 0.0671. The zero-order chi connectivity index (χ0) is 7.44. The van der Waals surface area contributed by atoms with Crippen LogP contribution >= 0.6 is 0 Å². The number of aliphatic carboxylic acids is 2. The molecule has 0 amide bonds. The number of hydrogen-bond donors (Lipinski definition) is 1. The van der Waals surface area contributed by atoms with Gasteiger partial charge in [0.1, 0.15) is 0 Å². The van der Waals surface area contributed by atoms with Crippen LogP contribution in [0, 0.1) is 5.92 Å². The van der Waals surface area contributed by atoms with Gasteiger partial charge in [-0.15, -0.1) is 0 Å². The molecule has 0 aliphatic carbocycles. The summed E-state index contributed by atoms with van der Waals surface area (Å²) < 4.78 is 0. The number of hydrogen-bond acceptors (Lipinski definition) is 3. The van der Waals surface area contributed by atoms with Crippen LogP contribution in [-0.2, 0) is 9.59 Å². The second kappa shape index (κ2) is 3.06. The van der Waals surface area contributed by atoms with Gasteiger partial charge < -0.3 is 15.0 Å². The molecule has 0 radical (unpaired) electrons. The SMILES string of the molecule is CCC(C(=O)[O-])C(=O)O. The molecule has 0 aromatic rings. The molecule has 1 atom stereocenters. The maximum absolute atomic E-state index is 9.95. The molecule has 4 nitrogen and oxygen atoms in total. The quantitative estimate of drug-likeness (QED) is 0.490. The van der Waals surface area contributed by atoms with E-state index in [0.29, 0.717) is 0 Å². The topological polar surface area (TPSA) is 77.4 Å². The predicted octanol–water partition coefficient (Wildman–Crippen LogP) is -1.15. The standard InChI is InChI=1S/C5H8O4/c1-2-3(4(6)7)5(8)9/h3H,2H2,1H3,(H,6,7)(H,8,9)/p-1. The number of carbonyl (C=O) groups is 2. The van der Waals surface area contributed by atoms with E-state index in [4.69, 9.17) is 5.11 Å². The Hall–Kier alpha value is -1.06. The summed E-state index contributed by atoms with van der Waals surface area (Å²) in [6, 6.07) is 0. The Kier molecular flexibility index (Phi) is 2.70. The van der Waals surface area contributed by atoms with E-state index in [-0.39, 0.29) is 6.42 Å². The normalized spacial score (nSPS) is 12.6. The lowest BCUT2D eigenvalue weighted by Crippen LogP contribution is -2.35. The van der Waals surface area contributed by atoms with E-state index in [1.165, 1.54) is 6.92 Å². The molecule has 0 aliphatic rings. The van der Waals surface area contributed by atoms with Crippen LogP contribution in [0.3, 0.4) is 0 Å². The Morgan fingerprint density at radius 2 is 2.11 bits per heavy atom. The average Bonchev–Trinajstić information content (AvgIpc) is 1.64. The predicted molar refractivity (Wildman–Crippen MR) is 26.4 cm³/mol. The van der Waals surface area contributed by atoms with Crippen molar-refractivity contribution in [2.45, 2.75) is 13.3 Å². The van der Waals surface area contributed by atoms with Crippen molar-refractivity contribution in [2.24, 2.45) is 5.92 Å². The summed E-state index contributed by atoms with van der Waals surface area (Å²) in [5.41, 5.74) is 0. The van der Waals surface area contributed by atoms with Crippen LogP contribution in [0.2, 0.25) is 0 Å². The van der Waals surface area contributed by atoms with Crippen molar-refractivity contribution in [3.05, 3.63) is 0 Å². The summed E-state index contributed by atoms with van der Waals surface area (Å²) in [4.78, 5) is 19.8. The monoisotopic (exact) mass is 131 g/mol. The smallest absolute Gasteiger partial charge is 0.312 e. The Morgan fingerprint density at radius 1 is 1.67 bits per heavy atom. The molecule has 9 heavy (non-hydrogen) atoms. The molecule has 1 N–H and O–H groups in total. The average molecular weight is 131 g/mol. The molecule has 0 saturated carbocycles. The zero-order valence-corrected chi connectivity index (χ0v) is 4.96. The third-order valence-corrected chi connectivity index (χ3v) is 0.991. The van der Waals surface area contributed by atoms with E-state index in [9.17, 15) is 14.7 Å². The molecule has 52 valence electrons. The molecule has 0 heterocycles. The number of rotatable bonds is 3. The number of carbonyl (C=O) groups excluding carboxylic acids is 1. The van der Waals surface area contributed by atoms with Gasteiger partial charge in [-0.1, -0.05) is 6.92 Å². The molecule has 0 aromatic heterocycles. The Morgan fingerprint density at radius 3 is 2.11 bits per heavy atom. The van der Waals surface area contributed by atoms with Crippen LogP contribution in [-0.4, -0.2) is 17.0 Å². The molecule has 0 spiro atoms. The van der Waals surface area contributed by atoms with E-state index in [1.807, 2.05) is 0 Å². The minimum absolute atomic E-state index is 0.0671. The summed E-state index contributed by atoms with van der Waals surface area (Å²) in [6.45, 7) is 1.48. The second-order valence-electron chi connectivity index (χ2n) is 1.62. The lowest BCUT2D eigenvalue weighted by atomic mass is 10.1. The minimum Gasteiger partial charge on any atom is -0.549 e. The Bertz CT molecular complexity index is 115. The molecule has 1 unspecified atom stereocenters. The second-order valence-corrected chi connectivity index (χ2v) is 1.62. The molecule has 0 saturated heterocycles. The fourth-order valence-electron chi connectivity index (χ4n) is 0.442. The van der Waals surface area contributed by atoms with E-state index >= 15 is 0 Å². The Balaban J connectivity index is 3.99. The first-order chi connectivity index (χ1) is 4.09. The number of carboxylic acid groups (broad SMARTS) is 2. The first-order valence-corrected chi connectivity index (χ1v) is 2.53. The molecule has 0 aromatic carbocycles. The molecule has 0 bridgehead atoms. The largest absolute Gasteiger partial charge is 0.549 e. The maximum Gasteiger partial charge on any atom is 0.312 e. The van der Waals surface area contributed by atoms with Crippen LogP contribution in [0.4, 0.5) is 0 Å². The molecule has 0 rings (SSSR count). The third-order valence-electron chi connectivity index (χ3n) is 0.991. The van der Waals surface area contributed by atoms with Crippen molar-refractivity contribution < 1.29 is 19.8 Å². The van der Waals surface area contributed by atoms with Gasteiger partial charge in [0.2, 0.25) is 0 Å². The van der Waals surface area contributed by atoms with Crippen LogP contribution in [0.1, 0.15) is 13.3 Å². The zero-order valence-electron chi connectivity index (χ0n) is 4.96. The van der Waals surface area contributed by atoms with Gasteiger partial charge in [-0.3, -0.25) is 4.79 Å². The van der Waals surface area contributed by atoms with Crippen LogP contribution in [0.25, 0.3) is 0 Å². The van der Waals surface area contributed by atoms with Crippen LogP contribution in [0.5, 0.6) is 0 Å². The van der Waals surface area contributed by atoms with Gasteiger partial charge in [0.05, 0.1) is 11.9 Å². The molecule has 0 aliphatic heterocycles. The van der Waals surface area contributed by atoms with Crippen molar-refractivity contribution in [3.63, 3.8) is 0 Å². The summed E-state index contributed by atoms with van der Waals surface area (Å²) in [7, 11) is 0. The fourth-order valence-corrected chi connectivity index (χ4v) is 0.442. The summed E-state index contributed by atoms with van der Waals surface area (Å²) in [5.74, 6) is -4.22. The van der Waals surface area contributed by atoms with Gasteiger partial charge >= 0.3 is 5.97 Å². The minimum atomic E-state index is -1.52. The highest BCUT2D eigenvalue weighted by Gasteiger charge is 2.14. The van der Waals surface area contributed by atoms with Crippen molar-refractivity contribution in [3.8, 4) is 0 Å². The van der Waals surface area contributed by atoms with Crippen LogP contribution < -0.4 is 5.11 Å². The van der Waals surface area contributed by atoms with Gasteiger partial charge in [-0.05, 0) is 6.42 Å². The molecule has 4 heteroatoms. The van der Waals surface area contributed by atoms with Crippen LogP contribution in [0.15, 0.2) is 0 Å². The summed E-state index contributed by atoms with van der Waals surface area (Å²) >= 11 is 0. The van der Waals surface area contributed by atoms with Gasteiger partial charge in [-0.2, -0.15) is 0 Å². The van der Waals surface area contributed by atoms with Crippen molar-refractivity contribution in [1.29, 1.82) is 0 Å². The van der Waals surface area contributed by atoms with Gasteiger partial charge in [0.25, 0.3) is 0 Å². The van der Waals surface area contributed by atoms with Gasteiger partial charge in [0, 0.05) is 0 Å². The lowest BCUT2D eigenvalue weighted by molar-refractivity contribution is -0.310. The third kappa shape index (κ3) is 2.12.